The molecule has 0 heterocycles. The van der Waals surface area contributed by atoms with Gasteiger partial charge in [0.15, 0.2) is 0 Å². The smallest absolute Gasteiger partial charge is 0.307 e. The van der Waals surface area contributed by atoms with Gasteiger partial charge < -0.3 is 5.11 Å². The van der Waals surface area contributed by atoms with E-state index in [-0.39, 0.29) is 17.3 Å². The molecule has 1 rings (SSSR count). The number of halogens is 2. The van der Waals surface area contributed by atoms with Crippen LogP contribution in [0.4, 0.5) is 0 Å². The van der Waals surface area contributed by atoms with Crippen molar-refractivity contribution in [2.24, 2.45) is 17.3 Å². The second-order valence-corrected chi connectivity index (χ2v) is 5.15. The fraction of sp³-hybridized carbons (Fsp3) is 0.875. The van der Waals surface area contributed by atoms with Gasteiger partial charge in [0.25, 0.3) is 0 Å². The lowest BCUT2D eigenvalue weighted by Gasteiger charge is -2.01. The molecule has 0 aromatic heterocycles. The maximum atomic E-state index is 10.7. The molecule has 1 fully saturated rings. The monoisotopic (exact) mass is 210 g/mol. The lowest BCUT2D eigenvalue weighted by atomic mass is 10.1. The molecule has 4 heteroatoms. The van der Waals surface area contributed by atoms with Crippen LogP contribution >= 0.6 is 23.2 Å². The van der Waals surface area contributed by atoms with Crippen LogP contribution in [0.1, 0.15) is 20.3 Å². The number of rotatable bonds is 3. The Balaban J connectivity index is 2.54. The second-order valence-electron chi connectivity index (χ2n) is 3.87. The Morgan fingerprint density at radius 2 is 2.08 bits per heavy atom. The highest BCUT2D eigenvalue weighted by Gasteiger charge is 2.61. The van der Waals surface area contributed by atoms with Gasteiger partial charge in [-0.2, -0.15) is 0 Å². The molecule has 0 radical (unpaired) electrons. The van der Waals surface area contributed by atoms with Crippen molar-refractivity contribution in [3.8, 4) is 0 Å². The van der Waals surface area contributed by atoms with Crippen LogP contribution < -0.4 is 0 Å². The number of hydrogen-bond donors (Lipinski definition) is 1. The molecule has 2 atom stereocenters. The second kappa shape index (κ2) is 3.08. The van der Waals surface area contributed by atoms with Crippen LogP contribution in [-0.4, -0.2) is 15.9 Å². The number of carboxylic acid groups (broad SMARTS) is 1. The summed E-state index contributed by atoms with van der Waals surface area (Å²) in [4.78, 5) is 10.2. The van der Waals surface area contributed by atoms with E-state index < -0.39 is 10.8 Å². The topological polar surface area (TPSA) is 37.3 Å². The fourth-order valence-corrected chi connectivity index (χ4v) is 2.25. The van der Waals surface area contributed by atoms with Crippen LogP contribution in [0.5, 0.6) is 0 Å². The van der Waals surface area contributed by atoms with Gasteiger partial charge in [0.05, 0.1) is 5.92 Å². The van der Waals surface area contributed by atoms with Crippen LogP contribution in [0, 0.1) is 17.3 Å². The first kappa shape index (κ1) is 10.1. The molecule has 1 saturated carbocycles. The van der Waals surface area contributed by atoms with Crippen LogP contribution in [0.2, 0.25) is 0 Å². The first-order chi connectivity index (χ1) is 5.37. The molecular weight excluding hydrogens is 199 g/mol. The van der Waals surface area contributed by atoms with Gasteiger partial charge in [-0.15, -0.1) is 23.2 Å². The van der Waals surface area contributed by atoms with Crippen LogP contribution in [-0.2, 0) is 4.79 Å². The first-order valence-corrected chi connectivity index (χ1v) is 4.75. The number of hydrogen-bond acceptors (Lipinski definition) is 1. The van der Waals surface area contributed by atoms with E-state index in [1.54, 1.807) is 0 Å². The SMILES string of the molecule is CC1(C)[C@@H](CC(Cl)Cl)[C@@H]1C(=O)O. The molecule has 1 aliphatic carbocycles. The van der Waals surface area contributed by atoms with Crippen molar-refractivity contribution in [2.75, 3.05) is 0 Å². The Morgan fingerprint density at radius 3 is 2.33 bits per heavy atom. The summed E-state index contributed by atoms with van der Waals surface area (Å²) in [6, 6.07) is 0. The van der Waals surface area contributed by atoms with Crippen molar-refractivity contribution in [1.82, 2.24) is 0 Å². The highest BCUT2D eigenvalue weighted by Crippen LogP contribution is 2.60. The van der Waals surface area contributed by atoms with Crippen molar-refractivity contribution in [1.29, 1.82) is 0 Å². The third-order valence-electron chi connectivity index (χ3n) is 2.75. The van der Waals surface area contributed by atoms with E-state index in [1.165, 1.54) is 0 Å². The van der Waals surface area contributed by atoms with Gasteiger partial charge in [-0.05, 0) is 17.8 Å². The summed E-state index contributed by atoms with van der Waals surface area (Å²) in [6.07, 6.45) is 0.576. The third-order valence-corrected chi connectivity index (χ3v) is 3.10. The maximum absolute atomic E-state index is 10.7. The molecule has 70 valence electrons. The average Bonchev–Trinajstić information content (AvgIpc) is 2.32. The van der Waals surface area contributed by atoms with E-state index >= 15 is 0 Å². The Kier molecular flexibility index (Phi) is 2.60. The summed E-state index contributed by atoms with van der Waals surface area (Å²) in [5.41, 5.74) is -0.131. The van der Waals surface area contributed by atoms with Crippen molar-refractivity contribution < 1.29 is 9.90 Å². The highest BCUT2D eigenvalue weighted by molar-refractivity contribution is 6.44. The van der Waals surface area contributed by atoms with E-state index in [4.69, 9.17) is 28.3 Å². The maximum Gasteiger partial charge on any atom is 0.307 e. The van der Waals surface area contributed by atoms with E-state index in [0.29, 0.717) is 6.42 Å². The van der Waals surface area contributed by atoms with Gasteiger partial charge in [-0.1, -0.05) is 13.8 Å². The normalized spacial score (nSPS) is 32.1. The Bertz CT molecular complexity index is 201. The summed E-state index contributed by atoms with van der Waals surface area (Å²) >= 11 is 11.2. The van der Waals surface area contributed by atoms with Crippen LogP contribution in [0.25, 0.3) is 0 Å². The number of carboxylic acids is 1. The van der Waals surface area contributed by atoms with E-state index in [0.717, 1.165) is 0 Å². The quantitative estimate of drug-likeness (QED) is 0.728. The van der Waals surface area contributed by atoms with E-state index in [9.17, 15) is 4.79 Å². The minimum atomic E-state index is -0.737. The van der Waals surface area contributed by atoms with Crippen molar-refractivity contribution in [3.05, 3.63) is 0 Å². The molecule has 12 heavy (non-hydrogen) atoms. The van der Waals surface area contributed by atoms with Gasteiger partial charge in [0.2, 0.25) is 0 Å². The zero-order valence-corrected chi connectivity index (χ0v) is 8.56. The van der Waals surface area contributed by atoms with E-state index in [2.05, 4.69) is 0 Å². The molecule has 0 unspecified atom stereocenters. The molecule has 0 bridgehead atoms. The average molecular weight is 211 g/mol. The summed E-state index contributed by atoms with van der Waals surface area (Å²) in [7, 11) is 0. The Hall–Kier alpha value is 0.0500. The molecule has 1 N–H and O–H groups in total. The van der Waals surface area contributed by atoms with Gasteiger partial charge >= 0.3 is 5.97 Å². The number of carbonyl (C=O) groups is 1. The van der Waals surface area contributed by atoms with Crippen molar-refractivity contribution in [2.45, 2.75) is 25.1 Å². The highest BCUT2D eigenvalue weighted by atomic mass is 35.5. The summed E-state index contributed by atoms with van der Waals surface area (Å²) in [5.74, 6) is -0.869. The van der Waals surface area contributed by atoms with Crippen LogP contribution in [0.15, 0.2) is 0 Å². The molecule has 0 spiro atoms. The van der Waals surface area contributed by atoms with Gasteiger partial charge in [0, 0.05) is 0 Å². The van der Waals surface area contributed by atoms with Gasteiger partial charge in [0.1, 0.15) is 4.84 Å². The molecule has 0 aliphatic heterocycles. The van der Waals surface area contributed by atoms with Gasteiger partial charge in [-0.3, -0.25) is 4.79 Å². The minimum Gasteiger partial charge on any atom is -0.481 e. The Labute approximate surface area is 81.9 Å². The molecule has 0 saturated heterocycles. The fourth-order valence-electron chi connectivity index (χ4n) is 1.87. The summed E-state index contributed by atoms with van der Waals surface area (Å²) in [6.45, 7) is 3.87. The lowest BCUT2D eigenvalue weighted by Crippen LogP contribution is -2.03. The number of alkyl halides is 2. The standard InChI is InChI=1S/C8H12Cl2O2/c1-8(2)4(3-5(9)10)6(8)7(11)12/h4-6H,3H2,1-2H3,(H,11,12)/t4-,6+/m0/s1. The molecule has 0 amide bonds. The number of aliphatic carboxylic acids is 1. The first-order valence-electron chi connectivity index (χ1n) is 3.88. The summed E-state index contributed by atoms with van der Waals surface area (Å²) < 4.78 is 0. The summed E-state index contributed by atoms with van der Waals surface area (Å²) in [5, 5.41) is 8.79. The largest absolute Gasteiger partial charge is 0.481 e. The molecule has 2 nitrogen and oxygen atoms in total. The molecule has 0 aromatic carbocycles. The van der Waals surface area contributed by atoms with Crippen molar-refractivity contribution >= 4 is 29.2 Å². The molecule has 1 aliphatic rings. The predicted molar refractivity (Wildman–Crippen MR) is 48.5 cm³/mol. The van der Waals surface area contributed by atoms with Gasteiger partial charge in [-0.25, -0.2) is 0 Å². The molecule has 0 aromatic rings. The minimum absolute atomic E-state index is 0.131. The predicted octanol–water partition coefficient (Wildman–Crippen LogP) is 2.54. The zero-order valence-electron chi connectivity index (χ0n) is 7.05. The Morgan fingerprint density at radius 1 is 1.58 bits per heavy atom. The third kappa shape index (κ3) is 1.69. The zero-order chi connectivity index (χ0) is 9.52. The van der Waals surface area contributed by atoms with Crippen molar-refractivity contribution in [3.63, 3.8) is 0 Å². The van der Waals surface area contributed by atoms with Crippen LogP contribution in [0.3, 0.4) is 0 Å². The van der Waals surface area contributed by atoms with E-state index in [1.807, 2.05) is 13.8 Å². The molecular formula is C8H12Cl2O2. The lowest BCUT2D eigenvalue weighted by molar-refractivity contribution is -0.139.